The Bertz CT molecular complexity index is 1510. The first kappa shape index (κ1) is 25.5. The van der Waals surface area contributed by atoms with Crippen molar-refractivity contribution >= 4 is 20.9 Å². The summed E-state index contributed by atoms with van der Waals surface area (Å²) in [6.45, 7) is 11.0. The molecule has 2 aromatic carbocycles. The first-order valence-electron chi connectivity index (χ1n) is 12.6. The molecule has 4 aromatic rings. The molecule has 2 aromatic heterocycles. The highest BCUT2D eigenvalue weighted by Gasteiger charge is 2.37. The summed E-state index contributed by atoms with van der Waals surface area (Å²) >= 11 is 0. The van der Waals surface area contributed by atoms with Gasteiger partial charge in [-0.1, -0.05) is 19.1 Å². The van der Waals surface area contributed by atoms with Crippen molar-refractivity contribution in [1.82, 2.24) is 34.0 Å². The lowest BCUT2D eigenvalue weighted by molar-refractivity contribution is 0.105. The summed E-state index contributed by atoms with van der Waals surface area (Å²) in [7, 11) is -3.77. The summed E-state index contributed by atoms with van der Waals surface area (Å²) in [5.74, 6) is 0.137. The lowest BCUT2D eigenvalue weighted by atomic mass is 9.96. The quantitative estimate of drug-likeness (QED) is 0.365. The van der Waals surface area contributed by atoms with Crippen LogP contribution in [0.25, 0.3) is 16.6 Å². The fourth-order valence-corrected chi connectivity index (χ4v) is 6.34. The van der Waals surface area contributed by atoms with Gasteiger partial charge in [0.2, 0.25) is 5.03 Å². The minimum atomic E-state index is -3.77. The highest BCUT2D eigenvalue weighted by molar-refractivity contribution is 7.89. The van der Waals surface area contributed by atoms with E-state index < -0.39 is 10.0 Å². The van der Waals surface area contributed by atoms with Crippen LogP contribution in [0.2, 0.25) is 0 Å². The molecule has 0 bridgehead atoms. The molecule has 0 radical (unpaired) electrons. The van der Waals surface area contributed by atoms with Gasteiger partial charge in [-0.25, -0.2) is 17.5 Å². The van der Waals surface area contributed by atoms with Crippen LogP contribution in [-0.2, 0) is 16.6 Å². The zero-order valence-electron chi connectivity index (χ0n) is 21.5. The summed E-state index contributed by atoms with van der Waals surface area (Å²) in [6, 6.07) is 10.3. The Balaban J connectivity index is 1.52. The van der Waals surface area contributed by atoms with Crippen LogP contribution in [0.5, 0.6) is 0 Å². The molecule has 0 amide bonds. The predicted octanol–water partition coefficient (Wildman–Crippen LogP) is 3.79. The zero-order chi connectivity index (χ0) is 26.3. The smallest absolute Gasteiger partial charge is 0.264 e. The maximum Gasteiger partial charge on any atom is 0.264 e. The first-order chi connectivity index (χ1) is 17.7. The molecule has 5 rings (SSSR count). The molecule has 3 heterocycles. The molecule has 1 fully saturated rings. The molecule has 0 N–H and O–H groups in total. The number of fused-ring (bicyclic) bond motifs is 1. The van der Waals surface area contributed by atoms with Gasteiger partial charge in [-0.3, -0.25) is 9.58 Å². The van der Waals surface area contributed by atoms with Crippen molar-refractivity contribution in [2.75, 3.05) is 26.2 Å². The molecule has 0 aliphatic carbocycles. The molecule has 37 heavy (non-hydrogen) atoms. The Kier molecular flexibility index (Phi) is 6.86. The van der Waals surface area contributed by atoms with Crippen LogP contribution >= 0.6 is 0 Å². The number of nitrogens with zero attached hydrogens (tertiary/aromatic N) is 7. The third-order valence-corrected chi connectivity index (χ3v) is 8.61. The van der Waals surface area contributed by atoms with Gasteiger partial charge in [-0.2, -0.15) is 9.40 Å². The number of benzene rings is 2. The predicted molar refractivity (Wildman–Crippen MR) is 139 cm³/mol. The minimum Gasteiger partial charge on any atom is -0.293 e. The number of aryl methyl sites for hydroxylation is 2. The van der Waals surface area contributed by atoms with Crippen molar-refractivity contribution in [2.45, 2.75) is 45.3 Å². The van der Waals surface area contributed by atoms with Gasteiger partial charge < -0.3 is 0 Å². The second kappa shape index (κ2) is 9.96. The number of rotatable bonds is 7. The van der Waals surface area contributed by atoms with E-state index in [9.17, 15) is 12.8 Å². The standard InChI is InChI=1S/C26H32FN7O2S/c1-5-32-17-26(29-30-32)37(35,36)33-11-10-31(15-18(2)3)25(16-33)23-13-20-14-28-34(24(20)12-19(23)4)22-8-6-21(27)7-9-22/h6-9,12-14,17-18,25H,5,10-11,15-16H2,1-4H3/t25-/m1/s1. The van der Waals surface area contributed by atoms with E-state index in [4.69, 9.17) is 0 Å². The topological polar surface area (TPSA) is 89.2 Å². The maximum atomic E-state index is 13.5. The fraction of sp³-hybridized carbons (Fsp3) is 0.423. The number of hydrogen-bond acceptors (Lipinski definition) is 6. The monoisotopic (exact) mass is 525 g/mol. The van der Waals surface area contributed by atoms with Crippen molar-refractivity contribution in [3.05, 3.63) is 65.7 Å². The van der Waals surface area contributed by atoms with Crippen molar-refractivity contribution in [2.24, 2.45) is 5.92 Å². The molecule has 1 saturated heterocycles. The highest BCUT2D eigenvalue weighted by atomic mass is 32.2. The molecule has 1 aliphatic rings. The number of aromatic nitrogens is 5. The summed E-state index contributed by atoms with van der Waals surface area (Å²) in [4.78, 5) is 2.37. The average Bonchev–Trinajstić information content (AvgIpc) is 3.51. The maximum absolute atomic E-state index is 13.5. The summed E-state index contributed by atoms with van der Waals surface area (Å²) in [5, 5.41) is 13.3. The summed E-state index contributed by atoms with van der Waals surface area (Å²) in [5.41, 5.74) is 3.81. The van der Waals surface area contributed by atoms with Crippen molar-refractivity contribution < 1.29 is 12.8 Å². The molecule has 1 aliphatic heterocycles. The molecule has 0 spiro atoms. The van der Waals surface area contributed by atoms with Crippen molar-refractivity contribution in [3.63, 3.8) is 0 Å². The molecule has 196 valence electrons. The van der Waals surface area contributed by atoms with Crippen LogP contribution < -0.4 is 0 Å². The first-order valence-corrected chi connectivity index (χ1v) is 14.0. The van der Waals surface area contributed by atoms with Crippen LogP contribution in [0.15, 0.2) is 53.8 Å². The van der Waals surface area contributed by atoms with Crippen molar-refractivity contribution in [3.8, 4) is 5.69 Å². The average molecular weight is 526 g/mol. The lowest BCUT2D eigenvalue weighted by Crippen LogP contribution is -2.51. The third kappa shape index (κ3) is 4.90. The number of halogens is 1. The van der Waals surface area contributed by atoms with Gasteiger partial charge in [-0.15, -0.1) is 5.10 Å². The van der Waals surface area contributed by atoms with Crippen LogP contribution in [0.3, 0.4) is 0 Å². The normalized spacial score (nSPS) is 17.7. The lowest BCUT2D eigenvalue weighted by Gasteiger charge is -2.42. The summed E-state index contributed by atoms with van der Waals surface area (Å²) < 4.78 is 45.2. The van der Waals surface area contributed by atoms with E-state index in [-0.39, 0.29) is 16.9 Å². The zero-order valence-corrected chi connectivity index (χ0v) is 22.4. The minimum absolute atomic E-state index is 0.0156. The van der Waals surface area contributed by atoms with Gasteiger partial charge in [-0.05, 0) is 67.3 Å². The van der Waals surface area contributed by atoms with Gasteiger partial charge in [0, 0.05) is 44.2 Å². The molecular weight excluding hydrogens is 493 g/mol. The number of piperazine rings is 1. The summed E-state index contributed by atoms with van der Waals surface area (Å²) in [6.07, 6.45) is 3.29. The van der Waals surface area contributed by atoms with E-state index >= 15 is 0 Å². The second-order valence-electron chi connectivity index (χ2n) is 9.98. The van der Waals surface area contributed by atoms with Crippen LogP contribution in [0.4, 0.5) is 4.39 Å². The second-order valence-corrected chi connectivity index (χ2v) is 11.9. The molecule has 0 saturated carbocycles. The van der Waals surface area contributed by atoms with Gasteiger partial charge in [0.15, 0.2) is 0 Å². The molecule has 11 heteroatoms. The highest BCUT2D eigenvalue weighted by Crippen LogP contribution is 2.34. The molecule has 1 atom stereocenters. The Morgan fingerprint density at radius 2 is 1.89 bits per heavy atom. The Morgan fingerprint density at radius 3 is 2.57 bits per heavy atom. The number of hydrogen-bond donors (Lipinski definition) is 0. The molecular formula is C26H32FN7O2S. The van der Waals surface area contributed by atoms with Gasteiger partial charge in [0.25, 0.3) is 10.0 Å². The van der Waals surface area contributed by atoms with Gasteiger partial charge in [0.05, 0.1) is 23.6 Å². The van der Waals surface area contributed by atoms with E-state index in [2.05, 4.69) is 46.3 Å². The fourth-order valence-electron chi connectivity index (χ4n) is 5.03. The van der Waals surface area contributed by atoms with Crippen LogP contribution in [0.1, 0.15) is 37.9 Å². The Labute approximate surface area is 216 Å². The SMILES string of the molecule is CCn1cc(S(=O)(=O)N2CCN(CC(C)C)[C@@H](c3cc4cnn(-c5ccc(F)cc5)c4cc3C)C2)nn1. The Hall–Kier alpha value is -3.15. The largest absolute Gasteiger partial charge is 0.293 e. The van der Waals surface area contributed by atoms with E-state index in [1.807, 2.05) is 13.8 Å². The number of sulfonamides is 1. The van der Waals surface area contributed by atoms with Gasteiger partial charge >= 0.3 is 0 Å². The third-order valence-electron chi connectivity index (χ3n) is 6.89. The van der Waals surface area contributed by atoms with Gasteiger partial charge in [0.1, 0.15) is 5.82 Å². The Morgan fingerprint density at radius 1 is 1.14 bits per heavy atom. The van der Waals surface area contributed by atoms with Crippen molar-refractivity contribution in [1.29, 1.82) is 0 Å². The van der Waals surface area contributed by atoms with E-state index in [1.165, 1.54) is 27.3 Å². The molecule has 0 unspecified atom stereocenters. The van der Waals surface area contributed by atoms with Crippen LogP contribution in [-0.4, -0.2) is 68.6 Å². The van der Waals surface area contributed by atoms with E-state index in [0.29, 0.717) is 32.1 Å². The molecule has 9 nitrogen and oxygen atoms in total. The van der Waals surface area contributed by atoms with Crippen LogP contribution in [0, 0.1) is 18.7 Å². The van der Waals surface area contributed by atoms with E-state index in [1.54, 1.807) is 23.0 Å². The van der Waals surface area contributed by atoms with E-state index in [0.717, 1.165) is 34.3 Å².